The van der Waals surface area contributed by atoms with Crippen LogP contribution in [-0.2, 0) is 6.54 Å². The molecular weight excluding hydrogens is 359 g/mol. The zero-order valence-electron chi connectivity index (χ0n) is 15.6. The van der Waals surface area contributed by atoms with Gasteiger partial charge in [-0.05, 0) is 53.2 Å². The molecule has 1 aliphatic heterocycles. The van der Waals surface area contributed by atoms with Crippen molar-refractivity contribution in [1.82, 2.24) is 30.0 Å². The van der Waals surface area contributed by atoms with E-state index in [1.54, 1.807) is 16.8 Å². The Bertz CT molecular complexity index is 963. The standard InChI is InChI=1S/C20H21FN6O/c1-15-4-2-3-5-18(15)20(28)26-12-10-25(11-13-26)14-19-22-23-24-27(19)17-8-6-16(21)7-9-17/h2-9H,10-14H2,1H3. The second-order valence-corrected chi connectivity index (χ2v) is 6.87. The highest BCUT2D eigenvalue weighted by molar-refractivity contribution is 5.95. The minimum absolute atomic E-state index is 0.0777. The summed E-state index contributed by atoms with van der Waals surface area (Å²) in [7, 11) is 0. The number of benzene rings is 2. The number of rotatable bonds is 4. The summed E-state index contributed by atoms with van der Waals surface area (Å²) in [5.74, 6) is 0.465. The van der Waals surface area contributed by atoms with Gasteiger partial charge in [-0.2, -0.15) is 4.68 Å². The van der Waals surface area contributed by atoms with Gasteiger partial charge in [0.2, 0.25) is 0 Å². The number of hydrogen-bond donors (Lipinski definition) is 0. The first-order chi connectivity index (χ1) is 13.6. The third-order valence-corrected chi connectivity index (χ3v) is 5.01. The maximum Gasteiger partial charge on any atom is 0.254 e. The Balaban J connectivity index is 1.39. The predicted octanol–water partition coefficient (Wildman–Crippen LogP) is 2.07. The first kappa shape index (κ1) is 18.2. The monoisotopic (exact) mass is 380 g/mol. The van der Waals surface area contributed by atoms with Crippen LogP contribution in [0.5, 0.6) is 0 Å². The third-order valence-electron chi connectivity index (χ3n) is 5.01. The molecule has 2 aromatic carbocycles. The minimum atomic E-state index is -0.298. The Morgan fingerprint density at radius 2 is 1.75 bits per heavy atom. The number of nitrogens with zero attached hydrogens (tertiary/aromatic N) is 6. The molecule has 4 rings (SSSR count). The first-order valence-corrected chi connectivity index (χ1v) is 9.22. The molecule has 1 aliphatic rings. The average molecular weight is 380 g/mol. The van der Waals surface area contributed by atoms with Crippen LogP contribution >= 0.6 is 0 Å². The van der Waals surface area contributed by atoms with E-state index in [1.165, 1.54) is 12.1 Å². The average Bonchev–Trinajstić information content (AvgIpc) is 3.17. The third kappa shape index (κ3) is 3.77. The van der Waals surface area contributed by atoms with Crippen molar-refractivity contribution in [3.05, 3.63) is 71.3 Å². The van der Waals surface area contributed by atoms with Crippen molar-refractivity contribution in [2.45, 2.75) is 13.5 Å². The van der Waals surface area contributed by atoms with Crippen molar-refractivity contribution in [2.75, 3.05) is 26.2 Å². The van der Waals surface area contributed by atoms with Crippen LogP contribution in [0.3, 0.4) is 0 Å². The molecule has 0 N–H and O–H groups in total. The fourth-order valence-electron chi connectivity index (χ4n) is 3.38. The Morgan fingerprint density at radius 3 is 2.46 bits per heavy atom. The SMILES string of the molecule is Cc1ccccc1C(=O)N1CCN(Cc2nnnn2-c2ccc(F)cc2)CC1. The molecule has 0 spiro atoms. The summed E-state index contributed by atoms with van der Waals surface area (Å²) in [4.78, 5) is 16.9. The number of piperazine rings is 1. The molecule has 1 fully saturated rings. The Hall–Kier alpha value is -3.13. The molecule has 1 aromatic heterocycles. The van der Waals surface area contributed by atoms with Crippen LogP contribution in [0.25, 0.3) is 5.69 Å². The van der Waals surface area contributed by atoms with Gasteiger partial charge in [0.15, 0.2) is 5.82 Å². The second kappa shape index (κ2) is 7.85. The van der Waals surface area contributed by atoms with Crippen molar-refractivity contribution in [3.8, 4) is 5.69 Å². The van der Waals surface area contributed by atoms with Gasteiger partial charge in [0.1, 0.15) is 5.82 Å². The summed E-state index contributed by atoms with van der Waals surface area (Å²) in [5, 5.41) is 11.9. The molecule has 0 aliphatic carbocycles. The number of amides is 1. The van der Waals surface area contributed by atoms with Crippen LogP contribution in [0.4, 0.5) is 4.39 Å². The number of hydrogen-bond acceptors (Lipinski definition) is 5. The molecule has 2 heterocycles. The molecule has 1 amide bonds. The summed E-state index contributed by atoms with van der Waals surface area (Å²) in [6, 6.07) is 13.7. The molecule has 144 valence electrons. The van der Waals surface area contributed by atoms with Gasteiger partial charge in [-0.15, -0.1) is 5.10 Å². The van der Waals surface area contributed by atoms with Gasteiger partial charge in [0, 0.05) is 31.7 Å². The summed E-state index contributed by atoms with van der Waals surface area (Å²) < 4.78 is 14.8. The molecule has 0 bridgehead atoms. The molecule has 1 saturated heterocycles. The second-order valence-electron chi connectivity index (χ2n) is 6.87. The van der Waals surface area contributed by atoms with Crippen molar-refractivity contribution in [1.29, 1.82) is 0 Å². The van der Waals surface area contributed by atoms with E-state index in [4.69, 9.17) is 0 Å². The highest BCUT2D eigenvalue weighted by Crippen LogP contribution is 2.15. The van der Waals surface area contributed by atoms with E-state index in [0.717, 1.165) is 29.9 Å². The Morgan fingerprint density at radius 1 is 1.04 bits per heavy atom. The van der Waals surface area contributed by atoms with E-state index >= 15 is 0 Å². The topological polar surface area (TPSA) is 67.2 Å². The largest absolute Gasteiger partial charge is 0.336 e. The fourth-order valence-corrected chi connectivity index (χ4v) is 3.38. The van der Waals surface area contributed by atoms with Crippen molar-refractivity contribution in [2.24, 2.45) is 0 Å². The van der Waals surface area contributed by atoms with Gasteiger partial charge >= 0.3 is 0 Å². The van der Waals surface area contributed by atoms with Crippen LogP contribution in [-0.4, -0.2) is 62.1 Å². The molecule has 0 saturated carbocycles. The summed E-state index contributed by atoms with van der Waals surface area (Å²) in [6.07, 6.45) is 0. The Kier molecular flexibility index (Phi) is 5.12. The lowest BCUT2D eigenvalue weighted by molar-refractivity contribution is 0.0624. The van der Waals surface area contributed by atoms with E-state index in [2.05, 4.69) is 20.4 Å². The van der Waals surface area contributed by atoms with Gasteiger partial charge in [0.05, 0.1) is 12.2 Å². The molecule has 0 radical (unpaired) electrons. The summed E-state index contributed by atoms with van der Waals surface area (Å²) >= 11 is 0. The predicted molar refractivity (Wildman–Crippen MR) is 101 cm³/mol. The van der Waals surface area contributed by atoms with Crippen LogP contribution in [0.1, 0.15) is 21.7 Å². The number of aromatic nitrogens is 4. The van der Waals surface area contributed by atoms with Gasteiger partial charge in [-0.25, -0.2) is 4.39 Å². The summed E-state index contributed by atoms with van der Waals surface area (Å²) in [6.45, 7) is 5.33. The van der Waals surface area contributed by atoms with Crippen molar-refractivity contribution >= 4 is 5.91 Å². The van der Waals surface area contributed by atoms with Crippen molar-refractivity contribution in [3.63, 3.8) is 0 Å². The smallest absolute Gasteiger partial charge is 0.254 e. The number of aryl methyl sites for hydroxylation is 1. The zero-order valence-corrected chi connectivity index (χ0v) is 15.6. The van der Waals surface area contributed by atoms with Gasteiger partial charge < -0.3 is 4.90 Å². The quantitative estimate of drug-likeness (QED) is 0.693. The van der Waals surface area contributed by atoms with Crippen LogP contribution in [0, 0.1) is 12.7 Å². The lowest BCUT2D eigenvalue weighted by Crippen LogP contribution is -2.48. The molecule has 3 aromatic rings. The van der Waals surface area contributed by atoms with E-state index in [1.807, 2.05) is 36.1 Å². The number of carbonyl (C=O) groups is 1. The maximum absolute atomic E-state index is 13.1. The molecule has 28 heavy (non-hydrogen) atoms. The summed E-state index contributed by atoms with van der Waals surface area (Å²) in [5.41, 5.74) is 2.47. The van der Waals surface area contributed by atoms with Crippen LogP contribution in [0.2, 0.25) is 0 Å². The first-order valence-electron chi connectivity index (χ1n) is 9.22. The highest BCUT2D eigenvalue weighted by atomic mass is 19.1. The minimum Gasteiger partial charge on any atom is -0.336 e. The number of carbonyl (C=O) groups excluding carboxylic acids is 1. The number of tetrazole rings is 1. The van der Waals surface area contributed by atoms with Crippen LogP contribution in [0.15, 0.2) is 48.5 Å². The van der Waals surface area contributed by atoms with Crippen LogP contribution < -0.4 is 0 Å². The molecular formula is C20H21FN6O. The lowest BCUT2D eigenvalue weighted by Gasteiger charge is -2.34. The van der Waals surface area contributed by atoms with Gasteiger partial charge in [-0.3, -0.25) is 9.69 Å². The molecule has 8 heteroatoms. The van der Waals surface area contributed by atoms with E-state index in [9.17, 15) is 9.18 Å². The van der Waals surface area contributed by atoms with E-state index < -0.39 is 0 Å². The van der Waals surface area contributed by atoms with Crippen molar-refractivity contribution < 1.29 is 9.18 Å². The van der Waals surface area contributed by atoms with E-state index in [-0.39, 0.29) is 11.7 Å². The zero-order chi connectivity index (χ0) is 19.5. The van der Waals surface area contributed by atoms with E-state index in [0.29, 0.717) is 25.5 Å². The highest BCUT2D eigenvalue weighted by Gasteiger charge is 2.24. The molecule has 0 unspecified atom stereocenters. The Labute approximate surface area is 162 Å². The normalized spacial score (nSPS) is 15.0. The maximum atomic E-state index is 13.1. The molecule has 7 nitrogen and oxygen atoms in total. The number of halogens is 1. The lowest BCUT2D eigenvalue weighted by atomic mass is 10.1. The van der Waals surface area contributed by atoms with Gasteiger partial charge in [0.25, 0.3) is 5.91 Å². The molecule has 0 atom stereocenters. The fraction of sp³-hybridized carbons (Fsp3) is 0.300. The van der Waals surface area contributed by atoms with Gasteiger partial charge in [-0.1, -0.05) is 18.2 Å².